The first-order valence-electron chi connectivity index (χ1n) is 10.1. The van der Waals surface area contributed by atoms with Crippen LogP contribution < -0.4 is 0 Å². The monoisotopic (exact) mass is 403 g/mol. The van der Waals surface area contributed by atoms with Crippen molar-refractivity contribution in [2.24, 2.45) is 0 Å². The van der Waals surface area contributed by atoms with Crippen molar-refractivity contribution in [3.05, 3.63) is 39.3 Å². The maximum atomic E-state index is 13.1. The molecule has 10 heteroatoms. The van der Waals surface area contributed by atoms with Crippen LogP contribution in [0.3, 0.4) is 0 Å². The van der Waals surface area contributed by atoms with Gasteiger partial charge in [0.2, 0.25) is 5.91 Å². The Hall–Kier alpha value is -2.75. The van der Waals surface area contributed by atoms with E-state index in [2.05, 4.69) is 28.2 Å². The molecule has 0 aliphatic carbocycles. The summed E-state index contributed by atoms with van der Waals surface area (Å²) in [6.45, 7) is 12.3. The van der Waals surface area contributed by atoms with Gasteiger partial charge in [0.1, 0.15) is 0 Å². The molecule has 0 aromatic carbocycles. The lowest BCUT2D eigenvalue weighted by Gasteiger charge is -2.36. The molecule has 0 spiro atoms. The molecule has 2 aromatic heterocycles. The fourth-order valence-electron chi connectivity index (χ4n) is 3.78. The second-order valence-electron chi connectivity index (χ2n) is 7.47. The van der Waals surface area contributed by atoms with Crippen LogP contribution in [0, 0.1) is 24.0 Å². The highest BCUT2D eigenvalue weighted by atomic mass is 16.6. The maximum absolute atomic E-state index is 13.1. The molecule has 1 aliphatic heterocycles. The minimum Gasteiger partial charge on any atom is -0.358 e. The van der Waals surface area contributed by atoms with Crippen molar-refractivity contribution < 1.29 is 9.72 Å². The van der Waals surface area contributed by atoms with Gasteiger partial charge in [-0.2, -0.15) is 9.78 Å². The number of aryl methyl sites for hydroxylation is 3. The quantitative estimate of drug-likeness (QED) is 0.517. The van der Waals surface area contributed by atoms with Crippen LogP contribution in [0.15, 0.2) is 12.3 Å². The van der Waals surface area contributed by atoms with Gasteiger partial charge in [-0.3, -0.25) is 14.4 Å². The molecule has 0 saturated carbocycles. The van der Waals surface area contributed by atoms with Crippen LogP contribution in [0.2, 0.25) is 0 Å². The Morgan fingerprint density at radius 2 is 1.90 bits per heavy atom. The van der Waals surface area contributed by atoms with Crippen LogP contribution >= 0.6 is 0 Å². The van der Waals surface area contributed by atoms with Crippen molar-refractivity contribution in [3.63, 3.8) is 0 Å². The molecule has 29 heavy (non-hydrogen) atoms. The van der Waals surface area contributed by atoms with E-state index in [0.717, 1.165) is 31.9 Å². The lowest BCUT2D eigenvalue weighted by Crippen LogP contribution is -2.50. The first-order valence-corrected chi connectivity index (χ1v) is 10.1. The molecule has 0 N–H and O–H groups in total. The molecule has 0 bridgehead atoms. The number of aromatic nitrogens is 4. The number of hydrogen-bond donors (Lipinski definition) is 0. The molecular weight excluding hydrogens is 374 g/mol. The van der Waals surface area contributed by atoms with E-state index in [-0.39, 0.29) is 11.7 Å². The minimum atomic E-state index is -0.526. The van der Waals surface area contributed by atoms with Crippen LogP contribution in [0.5, 0.6) is 0 Å². The predicted molar refractivity (Wildman–Crippen MR) is 107 cm³/mol. The van der Waals surface area contributed by atoms with E-state index in [1.54, 1.807) is 6.92 Å². The molecule has 1 unspecified atom stereocenters. The average molecular weight is 403 g/mol. The average Bonchev–Trinajstić information content (AvgIpc) is 3.26. The lowest BCUT2D eigenvalue weighted by molar-refractivity contribution is -0.389. The molecule has 0 radical (unpaired) electrons. The first kappa shape index (κ1) is 21.0. The van der Waals surface area contributed by atoms with Crippen molar-refractivity contribution in [1.82, 2.24) is 29.4 Å². The Morgan fingerprint density at radius 3 is 2.41 bits per heavy atom. The van der Waals surface area contributed by atoms with E-state index in [9.17, 15) is 14.9 Å². The van der Waals surface area contributed by atoms with Crippen LogP contribution in [0.25, 0.3) is 0 Å². The third kappa shape index (κ3) is 4.47. The van der Waals surface area contributed by atoms with E-state index >= 15 is 0 Å². The Kier molecular flexibility index (Phi) is 6.31. The highest BCUT2D eigenvalue weighted by Gasteiger charge is 2.32. The number of rotatable bonds is 7. The number of nitrogens with zero attached hydrogens (tertiary/aromatic N) is 7. The maximum Gasteiger partial charge on any atom is 0.390 e. The number of amides is 1. The summed E-state index contributed by atoms with van der Waals surface area (Å²) in [7, 11) is 0. The topological polar surface area (TPSA) is 102 Å². The van der Waals surface area contributed by atoms with Gasteiger partial charge in [0.25, 0.3) is 0 Å². The number of nitro groups is 1. The third-order valence-corrected chi connectivity index (χ3v) is 5.51. The number of carbonyl (C=O) groups excluding carboxylic acids is 1. The summed E-state index contributed by atoms with van der Waals surface area (Å²) in [6, 6.07) is 0.896. The summed E-state index contributed by atoms with van der Waals surface area (Å²) in [5.41, 5.74) is 2.89. The number of carbonyl (C=O) groups is 1. The summed E-state index contributed by atoms with van der Waals surface area (Å²) in [6.07, 6.45) is 2.63. The van der Waals surface area contributed by atoms with Crippen molar-refractivity contribution >= 4 is 11.7 Å². The fourth-order valence-corrected chi connectivity index (χ4v) is 3.78. The van der Waals surface area contributed by atoms with Gasteiger partial charge in [-0.25, -0.2) is 0 Å². The molecule has 2 aromatic rings. The molecule has 158 valence electrons. The van der Waals surface area contributed by atoms with E-state index in [1.165, 1.54) is 16.3 Å². The van der Waals surface area contributed by atoms with Crippen LogP contribution in [0.4, 0.5) is 5.82 Å². The van der Waals surface area contributed by atoms with Gasteiger partial charge in [-0.1, -0.05) is 6.92 Å². The smallest absolute Gasteiger partial charge is 0.358 e. The summed E-state index contributed by atoms with van der Waals surface area (Å²) < 4.78 is 3.44. The van der Waals surface area contributed by atoms with Gasteiger partial charge in [-0.05, 0) is 32.1 Å². The molecule has 3 rings (SSSR count). The van der Waals surface area contributed by atoms with Crippen molar-refractivity contribution in [3.8, 4) is 0 Å². The van der Waals surface area contributed by atoms with Gasteiger partial charge in [0.05, 0.1) is 22.6 Å². The lowest BCUT2D eigenvalue weighted by atomic mass is 10.1. The largest absolute Gasteiger partial charge is 0.390 e. The van der Waals surface area contributed by atoms with Crippen molar-refractivity contribution in [1.29, 1.82) is 0 Å². The van der Waals surface area contributed by atoms with Gasteiger partial charge < -0.3 is 15.0 Å². The van der Waals surface area contributed by atoms with Crippen LogP contribution in [0.1, 0.15) is 43.3 Å². The molecule has 1 aliphatic rings. The standard InChI is InChI=1S/C19H29N7O3/c1-5-17(25-14(3)11-18(21-25)26(28)29)19(27)23-9-7-22(8-10-23)12-16-13-24(6-2)20-15(16)4/h11,13,17H,5-10,12H2,1-4H3. The van der Waals surface area contributed by atoms with E-state index in [4.69, 9.17) is 0 Å². The Balaban J connectivity index is 1.62. The van der Waals surface area contributed by atoms with E-state index < -0.39 is 11.0 Å². The zero-order valence-electron chi connectivity index (χ0n) is 17.5. The van der Waals surface area contributed by atoms with E-state index in [0.29, 0.717) is 25.2 Å². The van der Waals surface area contributed by atoms with Gasteiger partial charge in [0.15, 0.2) is 6.04 Å². The summed E-state index contributed by atoms with van der Waals surface area (Å²) in [5.74, 6) is -0.246. The Morgan fingerprint density at radius 1 is 1.21 bits per heavy atom. The highest BCUT2D eigenvalue weighted by Crippen LogP contribution is 2.22. The van der Waals surface area contributed by atoms with Crippen LogP contribution in [-0.4, -0.2) is 66.4 Å². The fraction of sp³-hybridized carbons (Fsp3) is 0.632. The highest BCUT2D eigenvalue weighted by molar-refractivity contribution is 5.80. The summed E-state index contributed by atoms with van der Waals surface area (Å²) >= 11 is 0. The SMILES string of the molecule is CCC(C(=O)N1CCN(Cc2cn(CC)nc2C)CC1)n1nc([N+](=O)[O-])cc1C. The molecule has 1 fully saturated rings. The molecular formula is C19H29N7O3. The normalized spacial score (nSPS) is 16.2. The minimum absolute atomic E-state index is 0.0248. The third-order valence-electron chi connectivity index (χ3n) is 5.51. The van der Waals surface area contributed by atoms with Gasteiger partial charge in [0, 0.05) is 51.0 Å². The van der Waals surface area contributed by atoms with Gasteiger partial charge >= 0.3 is 5.82 Å². The first-order chi connectivity index (χ1) is 13.8. The number of piperazine rings is 1. The zero-order valence-corrected chi connectivity index (χ0v) is 17.5. The Labute approximate surface area is 170 Å². The molecule has 1 amide bonds. The Bertz CT molecular complexity index is 880. The summed E-state index contributed by atoms with van der Waals surface area (Å²) in [4.78, 5) is 27.7. The zero-order chi connectivity index (χ0) is 21.1. The molecule has 1 atom stereocenters. The summed E-state index contributed by atoms with van der Waals surface area (Å²) in [5, 5.41) is 19.5. The second-order valence-corrected chi connectivity index (χ2v) is 7.47. The van der Waals surface area contributed by atoms with E-state index in [1.807, 2.05) is 23.4 Å². The molecule has 10 nitrogen and oxygen atoms in total. The second kappa shape index (κ2) is 8.73. The van der Waals surface area contributed by atoms with Crippen molar-refractivity contribution in [2.75, 3.05) is 26.2 Å². The van der Waals surface area contributed by atoms with Crippen molar-refractivity contribution in [2.45, 2.75) is 53.2 Å². The predicted octanol–water partition coefficient (Wildman–Crippen LogP) is 1.92. The van der Waals surface area contributed by atoms with Crippen LogP contribution in [-0.2, 0) is 17.9 Å². The molecule has 3 heterocycles. The molecule has 1 saturated heterocycles. The number of hydrogen-bond acceptors (Lipinski definition) is 6. The van der Waals surface area contributed by atoms with Gasteiger partial charge in [-0.15, -0.1) is 0 Å².